The second-order valence-corrected chi connectivity index (χ2v) is 10.4. The van der Waals surface area contributed by atoms with E-state index in [1.807, 2.05) is 0 Å². The first-order valence-electron chi connectivity index (χ1n) is 9.49. The summed E-state index contributed by atoms with van der Waals surface area (Å²) in [7, 11) is -7.98. The minimum Gasteiger partial charge on any atom is -0.492 e. The van der Waals surface area contributed by atoms with Crippen molar-refractivity contribution >= 4 is 48.9 Å². The largest absolute Gasteiger partial charge is 0.492 e. The molecular weight excluding hydrogens is 490 g/mol. The highest BCUT2D eigenvalue weighted by Gasteiger charge is 2.19. The summed E-state index contributed by atoms with van der Waals surface area (Å²) in [6, 6.07) is 15.1. The molecule has 0 aliphatic heterocycles. The number of primary sulfonamides is 1. The standard InChI is InChI=1S/C21H20ClN3O6S2/c1-2-31-20-12-11-18(13-19(20)24-21(26)14-3-5-15(22)6-4-14)33(29,30)25-16-7-9-17(10-8-16)32(23,27)28/h3-13,25H,2H2,1H3,(H,24,26)(H2,23,27,28). The molecule has 0 heterocycles. The highest BCUT2D eigenvalue weighted by Crippen LogP contribution is 2.29. The Labute approximate surface area is 196 Å². The van der Waals surface area contributed by atoms with Crippen molar-refractivity contribution in [2.75, 3.05) is 16.6 Å². The molecule has 33 heavy (non-hydrogen) atoms. The van der Waals surface area contributed by atoms with E-state index in [-0.39, 0.29) is 26.9 Å². The van der Waals surface area contributed by atoms with Gasteiger partial charge in [-0.05, 0) is 73.7 Å². The molecule has 0 saturated carbocycles. The normalized spacial score (nSPS) is 11.6. The molecule has 4 N–H and O–H groups in total. The van der Waals surface area contributed by atoms with Gasteiger partial charge in [-0.15, -0.1) is 0 Å². The quantitative estimate of drug-likeness (QED) is 0.424. The fourth-order valence-corrected chi connectivity index (χ4v) is 4.50. The smallest absolute Gasteiger partial charge is 0.261 e. The van der Waals surface area contributed by atoms with Crippen LogP contribution < -0.4 is 19.9 Å². The molecule has 0 aliphatic rings. The number of nitrogens with one attached hydrogen (secondary N) is 2. The lowest BCUT2D eigenvalue weighted by atomic mass is 10.2. The zero-order chi connectivity index (χ0) is 24.2. The number of carbonyl (C=O) groups excluding carboxylic acids is 1. The fourth-order valence-electron chi connectivity index (χ4n) is 2.78. The van der Waals surface area contributed by atoms with Gasteiger partial charge in [0.1, 0.15) is 5.75 Å². The summed E-state index contributed by atoms with van der Waals surface area (Å²) in [4.78, 5) is 12.3. The van der Waals surface area contributed by atoms with Gasteiger partial charge in [0.25, 0.3) is 15.9 Å². The Hall–Kier alpha value is -3.12. The molecule has 3 aromatic carbocycles. The maximum atomic E-state index is 12.9. The summed E-state index contributed by atoms with van der Waals surface area (Å²) in [5, 5.41) is 8.17. The first kappa shape index (κ1) is 24.5. The Bertz CT molecular complexity index is 1370. The van der Waals surface area contributed by atoms with Crippen molar-refractivity contribution < 1.29 is 26.4 Å². The van der Waals surface area contributed by atoms with Crippen LogP contribution in [0.5, 0.6) is 5.75 Å². The minimum atomic E-state index is -4.08. The lowest BCUT2D eigenvalue weighted by Crippen LogP contribution is -2.16. The van der Waals surface area contributed by atoms with Crippen LogP contribution in [0.1, 0.15) is 17.3 Å². The van der Waals surface area contributed by atoms with Gasteiger partial charge in [0.15, 0.2) is 0 Å². The zero-order valence-electron chi connectivity index (χ0n) is 17.3. The van der Waals surface area contributed by atoms with Gasteiger partial charge in [0.05, 0.1) is 22.1 Å². The predicted molar refractivity (Wildman–Crippen MR) is 126 cm³/mol. The van der Waals surface area contributed by atoms with Crippen molar-refractivity contribution in [1.82, 2.24) is 0 Å². The number of sulfonamides is 2. The molecule has 0 atom stereocenters. The number of halogens is 1. The summed E-state index contributed by atoms with van der Waals surface area (Å²) in [5.74, 6) is -0.190. The van der Waals surface area contributed by atoms with Crippen LogP contribution in [0.4, 0.5) is 11.4 Å². The summed E-state index contributed by atoms with van der Waals surface area (Å²) >= 11 is 5.85. The predicted octanol–water partition coefficient (Wildman–Crippen LogP) is 3.44. The molecule has 9 nitrogen and oxygen atoms in total. The number of nitrogens with two attached hydrogens (primary N) is 1. The maximum Gasteiger partial charge on any atom is 0.261 e. The highest BCUT2D eigenvalue weighted by atomic mass is 35.5. The number of benzene rings is 3. The summed E-state index contributed by atoms with van der Waals surface area (Å²) in [6.07, 6.45) is 0. The van der Waals surface area contributed by atoms with Crippen molar-refractivity contribution in [1.29, 1.82) is 0 Å². The summed E-state index contributed by atoms with van der Waals surface area (Å²) < 4.78 is 56.3. The second kappa shape index (κ2) is 9.79. The zero-order valence-corrected chi connectivity index (χ0v) is 19.7. The summed E-state index contributed by atoms with van der Waals surface area (Å²) in [5.41, 5.74) is 0.607. The topological polar surface area (TPSA) is 145 Å². The van der Waals surface area contributed by atoms with E-state index in [9.17, 15) is 21.6 Å². The van der Waals surface area contributed by atoms with Crippen molar-refractivity contribution in [3.63, 3.8) is 0 Å². The van der Waals surface area contributed by atoms with E-state index in [1.165, 1.54) is 54.6 Å². The lowest BCUT2D eigenvalue weighted by molar-refractivity contribution is 0.102. The van der Waals surface area contributed by atoms with Crippen LogP contribution >= 0.6 is 11.6 Å². The Morgan fingerprint density at radius 1 is 0.939 bits per heavy atom. The molecule has 0 fully saturated rings. The Morgan fingerprint density at radius 2 is 1.55 bits per heavy atom. The first-order valence-corrected chi connectivity index (χ1v) is 12.9. The second-order valence-electron chi connectivity index (χ2n) is 6.73. The van der Waals surface area contributed by atoms with Crippen molar-refractivity contribution in [3.05, 3.63) is 77.3 Å². The van der Waals surface area contributed by atoms with Crippen molar-refractivity contribution in [2.45, 2.75) is 16.7 Å². The van der Waals surface area contributed by atoms with Gasteiger partial charge in [-0.2, -0.15) is 0 Å². The molecule has 0 unspecified atom stereocenters. The number of amides is 1. The number of rotatable bonds is 8. The molecule has 3 rings (SSSR count). The molecule has 0 spiro atoms. The van der Waals surface area contributed by atoms with Gasteiger partial charge in [0.2, 0.25) is 10.0 Å². The third-order valence-corrected chi connectivity index (χ3v) is 6.91. The average Bonchev–Trinajstić information content (AvgIpc) is 2.75. The van der Waals surface area contributed by atoms with E-state index in [2.05, 4.69) is 10.0 Å². The summed E-state index contributed by atoms with van der Waals surface area (Å²) in [6.45, 7) is 2.05. The Kier molecular flexibility index (Phi) is 7.28. The molecule has 0 radical (unpaired) electrons. The number of carbonyl (C=O) groups is 1. The molecule has 3 aromatic rings. The van der Waals surface area contributed by atoms with Gasteiger partial charge in [-0.1, -0.05) is 11.6 Å². The van der Waals surface area contributed by atoms with Gasteiger partial charge in [0, 0.05) is 16.3 Å². The van der Waals surface area contributed by atoms with Crippen LogP contribution in [0.2, 0.25) is 5.02 Å². The van der Waals surface area contributed by atoms with Crippen LogP contribution in [0, 0.1) is 0 Å². The number of anilines is 2. The van der Waals surface area contributed by atoms with Crippen LogP contribution in [-0.4, -0.2) is 29.3 Å². The van der Waals surface area contributed by atoms with Crippen LogP contribution in [-0.2, 0) is 20.0 Å². The number of hydrogen-bond acceptors (Lipinski definition) is 6. The minimum absolute atomic E-state index is 0.128. The molecule has 0 bridgehead atoms. The number of hydrogen-bond donors (Lipinski definition) is 3. The average molecular weight is 510 g/mol. The van der Waals surface area contributed by atoms with Gasteiger partial charge >= 0.3 is 0 Å². The Balaban J connectivity index is 1.89. The third kappa shape index (κ3) is 6.23. The van der Waals surface area contributed by atoms with E-state index < -0.39 is 26.0 Å². The SMILES string of the molecule is CCOc1ccc(S(=O)(=O)Nc2ccc(S(N)(=O)=O)cc2)cc1NC(=O)c1ccc(Cl)cc1. The Morgan fingerprint density at radius 3 is 2.12 bits per heavy atom. The lowest BCUT2D eigenvalue weighted by Gasteiger charge is -2.14. The van der Waals surface area contributed by atoms with Gasteiger partial charge < -0.3 is 10.1 Å². The third-order valence-electron chi connectivity index (χ3n) is 4.35. The van der Waals surface area contributed by atoms with Crippen LogP contribution in [0.15, 0.2) is 76.5 Å². The van der Waals surface area contributed by atoms with Crippen LogP contribution in [0.3, 0.4) is 0 Å². The molecule has 174 valence electrons. The first-order chi connectivity index (χ1) is 15.5. The fraction of sp³-hybridized carbons (Fsp3) is 0.0952. The molecule has 0 saturated heterocycles. The molecule has 0 aromatic heterocycles. The monoisotopic (exact) mass is 509 g/mol. The van der Waals surface area contributed by atoms with E-state index in [0.29, 0.717) is 17.2 Å². The molecule has 0 aliphatic carbocycles. The maximum absolute atomic E-state index is 12.9. The van der Waals surface area contributed by atoms with E-state index in [0.717, 1.165) is 0 Å². The molecule has 1 amide bonds. The molecular formula is C21H20ClN3O6S2. The highest BCUT2D eigenvalue weighted by molar-refractivity contribution is 7.92. The van der Waals surface area contributed by atoms with Crippen LogP contribution in [0.25, 0.3) is 0 Å². The van der Waals surface area contributed by atoms with E-state index >= 15 is 0 Å². The number of ether oxygens (including phenoxy) is 1. The van der Waals surface area contributed by atoms with Crippen molar-refractivity contribution in [3.8, 4) is 5.75 Å². The van der Waals surface area contributed by atoms with Crippen molar-refractivity contribution in [2.24, 2.45) is 5.14 Å². The van der Waals surface area contributed by atoms with Gasteiger partial charge in [-0.3, -0.25) is 9.52 Å². The van der Waals surface area contributed by atoms with E-state index in [4.69, 9.17) is 21.5 Å². The van der Waals surface area contributed by atoms with E-state index in [1.54, 1.807) is 19.1 Å². The molecule has 12 heteroatoms. The van der Waals surface area contributed by atoms with Gasteiger partial charge in [-0.25, -0.2) is 22.0 Å².